The Morgan fingerprint density at radius 3 is 1.76 bits per heavy atom. The number of rotatable bonds is 8. The van der Waals surface area contributed by atoms with Gasteiger partial charge in [-0.2, -0.15) is 47.9 Å². The lowest BCUT2D eigenvalue weighted by atomic mass is 10.1. The van der Waals surface area contributed by atoms with Crippen molar-refractivity contribution in [3.8, 4) is 0 Å². The van der Waals surface area contributed by atoms with E-state index >= 15 is 0 Å². The molecule has 0 bridgehead atoms. The molecule has 0 unspecified atom stereocenters. The van der Waals surface area contributed by atoms with Gasteiger partial charge in [0.1, 0.15) is 0 Å². The minimum atomic E-state index is -7.37. The van der Waals surface area contributed by atoms with Crippen LogP contribution in [0.15, 0.2) is 12.4 Å². The summed E-state index contributed by atoms with van der Waals surface area (Å²) in [6.07, 6.45) is 2.62. The molecule has 0 radical (unpaired) electrons. The predicted molar refractivity (Wildman–Crippen MR) is 85.1 cm³/mol. The Morgan fingerprint density at radius 2 is 1.41 bits per heavy atom. The summed E-state index contributed by atoms with van der Waals surface area (Å²) in [5, 5.41) is -7.00. The van der Waals surface area contributed by atoms with Gasteiger partial charge in [-0.1, -0.05) is 26.2 Å². The van der Waals surface area contributed by atoms with E-state index in [9.17, 15) is 47.9 Å². The summed E-state index contributed by atoms with van der Waals surface area (Å²) < 4.78 is 134. The van der Waals surface area contributed by atoms with Crippen LogP contribution in [0.3, 0.4) is 0 Å². The number of hydrogen-bond donors (Lipinski definition) is 1. The van der Waals surface area contributed by atoms with Crippen molar-refractivity contribution < 1.29 is 52.5 Å². The van der Waals surface area contributed by atoms with E-state index in [2.05, 4.69) is 36.2 Å². The van der Waals surface area contributed by atoms with Crippen LogP contribution in [-0.2, 0) is 10.1 Å². The summed E-state index contributed by atoms with van der Waals surface area (Å²) in [6.45, 7) is 4.55. The van der Waals surface area contributed by atoms with Gasteiger partial charge in [0.15, 0.2) is 0 Å². The minimum Gasteiger partial charge on any atom is -0.362 e. The Hall–Kier alpha value is -1.38. The molecule has 0 aromatic rings. The van der Waals surface area contributed by atoms with E-state index in [0.717, 1.165) is 6.67 Å². The van der Waals surface area contributed by atoms with Gasteiger partial charge in [-0.15, -0.1) is 0 Å². The number of hydrogen-bond acceptors (Lipinski definition) is 4. The summed E-state index contributed by atoms with van der Waals surface area (Å²) in [6, 6.07) is 0. The molecule has 1 aliphatic heterocycles. The topological polar surface area (TPSA) is 60.9 Å². The highest BCUT2D eigenvalue weighted by Crippen LogP contribution is 2.54. The van der Waals surface area contributed by atoms with E-state index in [1.54, 1.807) is 0 Å². The fourth-order valence-electron chi connectivity index (χ4n) is 2.00. The Balaban J connectivity index is 0.000000571. The van der Waals surface area contributed by atoms with Crippen LogP contribution in [0.2, 0.25) is 0 Å². The molecule has 15 heteroatoms. The van der Waals surface area contributed by atoms with Gasteiger partial charge in [0.25, 0.3) is 0 Å². The summed E-state index contributed by atoms with van der Waals surface area (Å²) in [4.78, 5) is 4.58. The van der Waals surface area contributed by atoms with Gasteiger partial charge in [-0.05, 0) is 6.42 Å². The number of halogens is 9. The molecule has 0 fully saturated rings. The van der Waals surface area contributed by atoms with E-state index in [4.69, 9.17) is 4.55 Å². The molecule has 1 aliphatic rings. The fraction of sp³-hybridized carbons (Fsp3) is 0.857. The van der Waals surface area contributed by atoms with Crippen LogP contribution in [-0.4, -0.2) is 66.3 Å². The van der Waals surface area contributed by atoms with Crippen molar-refractivity contribution in [1.29, 1.82) is 0 Å². The first-order valence-corrected chi connectivity index (χ1v) is 9.56. The first-order valence-electron chi connectivity index (χ1n) is 8.12. The highest BCUT2D eigenvalue weighted by atomic mass is 32.2. The lowest BCUT2D eigenvalue weighted by Gasteiger charge is -2.31. The first kappa shape index (κ1) is 27.6. The Bertz CT molecular complexity index is 651. The SMILES string of the molecule is CCCCCCN1C=CN(C)C1.O=S(=O)(O)C(F)(F)C(F)(F)C(F)(F)C(F)(F)F. The molecule has 0 amide bonds. The van der Waals surface area contributed by atoms with E-state index in [-0.39, 0.29) is 0 Å². The molecule has 0 aromatic carbocycles. The quantitative estimate of drug-likeness (QED) is 0.322. The maximum absolute atomic E-state index is 12.2. The lowest BCUT2D eigenvalue weighted by molar-refractivity contribution is -0.382. The monoisotopic (exact) mass is 468 g/mol. The highest BCUT2D eigenvalue weighted by molar-refractivity contribution is 7.87. The molecule has 0 saturated carbocycles. The zero-order valence-electron chi connectivity index (χ0n) is 15.4. The molecular formula is C14H21F9N2O3S. The van der Waals surface area contributed by atoms with E-state index in [1.807, 2.05) is 0 Å². The van der Waals surface area contributed by atoms with Crippen LogP contribution in [0.25, 0.3) is 0 Å². The van der Waals surface area contributed by atoms with Crippen molar-refractivity contribution in [2.75, 3.05) is 20.3 Å². The van der Waals surface area contributed by atoms with Gasteiger partial charge >= 0.3 is 33.4 Å². The van der Waals surface area contributed by atoms with Gasteiger partial charge in [0.05, 0.1) is 6.67 Å². The lowest BCUT2D eigenvalue weighted by Crippen LogP contribution is -2.63. The smallest absolute Gasteiger partial charge is 0.362 e. The molecule has 1 heterocycles. The average molecular weight is 468 g/mol. The van der Waals surface area contributed by atoms with Crippen LogP contribution < -0.4 is 0 Å². The van der Waals surface area contributed by atoms with Gasteiger partial charge < -0.3 is 9.80 Å². The van der Waals surface area contributed by atoms with Gasteiger partial charge in [0.2, 0.25) is 0 Å². The molecule has 1 rings (SSSR count). The highest BCUT2D eigenvalue weighted by Gasteiger charge is 2.85. The van der Waals surface area contributed by atoms with Crippen LogP contribution >= 0.6 is 0 Å². The third-order valence-electron chi connectivity index (χ3n) is 3.68. The second-order valence-corrected chi connectivity index (χ2v) is 7.67. The molecule has 0 spiro atoms. The third kappa shape index (κ3) is 6.55. The van der Waals surface area contributed by atoms with Crippen molar-refractivity contribution in [2.24, 2.45) is 0 Å². The molecular weight excluding hydrogens is 447 g/mol. The van der Waals surface area contributed by atoms with Crippen molar-refractivity contribution in [1.82, 2.24) is 9.80 Å². The maximum Gasteiger partial charge on any atom is 0.460 e. The van der Waals surface area contributed by atoms with Crippen LogP contribution in [0.4, 0.5) is 39.5 Å². The zero-order valence-corrected chi connectivity index (χ0v) is 16.2. The number of nitrogens with zero attached hydrogens (tertiary/aromatic N) is 2. The third-order valence-corrected chi connectivity index (χ3v) is 4.58. The van der Waals surface area contributed by atoms with Crippen molar-refractivity contribution in [3.05, 3.63) is 12.4 Å². The molecule has 5 nitrogen and oxygen atoms in total. The predicted octanol–water partition coefficient (Wildman–Crippen LogP) is 4.54. The Morgan fingerprint density at radius 1 is 0.897 bits per heavy atom. The number of unbranched alkanes of at least 4 members (excludes halogenated alkanes) is 3. The second-order valence-electron chi connectivity index (χ2n) is 6.21. The Labute approximate surface area is 161 Å². The zero-order chi connectivity index (χ0) is 23.3. The summed E-state index contributed by atoms with van der Waals surface area (Å²) >= 11 is 0. The average Bonchev–Trinajstić information content (AvgIpc) is 2.95. The maximum atomic E-state index is 12.2. The van der Waals surface area contributed by atoms with Gasteiger partial charge in [0, 0.05) is 26.0 Å². The molecule has 0 saturated heterocycles. The first-order chi connectivity index (χ1) is 12.8. The van der Waals surface area contributed by atoms with E-state index in [0.29, 0.717) is 0 Å². The largest absolute Gasteiger partial charge is 0.460 e. The molecule has 0 aromatic heterocycles. The molecule has 0 atom stereocenters. The summed E-state index contributed by atoms with van der Waals surface area (Å²) in [5.41, 5.74) is 0. The molecule has 29 heavy (non-hydrogen) atoms. The molecule has 0 aliphatic carbocycles. The normalized spacial score (nSPS) is 16.1. The van der Waals surface area contributed by atoms with Crippen LogP contribution in [0.5, 0.6) is 0 Å². The molecule has 1 N–H and O–H groups in total. The standard InChI is InChI=1S/C10H20N2.C4HF9O3S/c1-3-4-5-6-7-12-9-8-11(2)10-12;5-1(6,3(9,10)11)2(7,8)4(12,13)17(14,15)16/h8-9H,3-7,10H2,1-2H3;(H,14,15,16). The summed E-state index contributed by atoms with van der Waals surface area (Å²) in [7, 11) is -5.05. The summed E-state index contributed by atoms with van der Waals surface area (Å²) in [5.74, 6) is -14.7. The van der Waals surface area contributed by atoms with E-state index < -0.39 is 33.4 Å². The fourth-order valence-corrected chi connectivity index (χ4v) is 2.45. The van der Waals surface area contributed by atoms with E-state index in [1.165, 1.54) is 32.2 Å². The second kappa shape index (κ2) is 9.62. The van der Waals surface area contributed by atoms with Crippen molar-refractivity contribution in [3.63, 3.8) is 0 Å². The minimum absolute atomic E-state index is 1.08. The molecule has 174 valence electrons. The van der Waals surface area contributed by atoms with Crippen LogP contribution in [0, 0.1) is 0 Å². The van der Waals surface area contributed by atoms with Crippen molar-refractivity contribution >= 4 is 10.1 Å². The van der Waals surface area contributed by atoms with Gasteiger partial charge in [-0.3, -0.25) is 4.55 Å². The van der Waals surface area contributed by atoms with Crippen LogP contribution in [0.1, 0.15) is 32.6 Å². The van der Waals surface area contributed by atoms with Crippen molar-refractivity contribution in [2.45, 2.75) is 55.9 Å². The Kier molecular flexibility index (Phi) is 9.16. The van der Waals surface area contributed by atoms with Gasteiger partial charge in [-0.25, -0.2) is 0 Å². The number of alkyl halides is 9.